The molecule has 11 heteroatoms. The number of methoxy groups -OCH3 is 1. The number of carbonyl (C=O) groups is 2. The fourth-order valence-electron chi connectivity index (χ4n) is 3.79. The van der Waals surface area contributed by atoms with Crippen LogP contribution in [0.4, 0.5) is 16.2 Å². The molecule has 2 heterocycles. The van der Waals surface area contributed by atoms with E-state index in [9.17, 15) is 9.59 Å². The number of halogens is 1. The molecule has 0 saturated heterocycles. The van der Waals surface area contributed by atoms with E-state index in [1.165, 1.54) is 6.34 Å². The van der Waals surface area contributed by atoms with E-state index in [2.05, 4.69) is 48.6 Å². The van der Waals surface area contributed by atoms with E-state index < -0.39 is 5.92 Å². The van der Waals surface area contributed by atoms with E-state index in [-0.39, 0.29) is 11.9 Å². The summed E-state index contributed by atoms with van der Waals surface area (Å²) in [6, 6.07) is 14.4. The third-order valence-corrected chi connectivity index (χ3v) is 5.98. The van der Waals surface area contributed by atoms with Crippen LogP contribution >= 0.6 is 22.6 Å². The van der Waals surface area contributed by atoms with Gasteiger partial charge in [0.05, 0.1) is 19.1 Å². The van der Waals surface area contributed by atoms with E-state index >= 15 is 0 Å². The van der Waals surface area contributed by atoms with Crippen LogP contribution in [-0.2, 0) is 9.53 Å². The summed E-state index contributed by atoms with van der Waals surface area (Å²) in [6.07, 6.45) is 1.38. The minimum absolute atomic E-state index is 0.143. The van der Waals surface area contributed by atoms with E-state index in [4.69, 9.17) is 10.5 Å². The molecular formula is C23H24IN7O3. The monoisotopic (exact) mass is 573 g/mol. The Hall–Kier alpha value is -3.45. The number of ether oxygens (including phenoxy) is 1. The number of amides is 3. The van der Waals surface area contributed by atoms with Crippen molar-refractivity contribution in [3.8, 4) is 0 Å². The summed E-state index contributed by atoms with van der Waals surface area (Å²) in [7, 11) is 1.58. The van der Waals surface area contributed by atoms with Crippen LogP contribution in [-0.4, -0.2) is 55.9 Å². The number of benzene rings is 2. The van der Waals surface area contributed by atoms with Gasteiger partial charge in [0.2, 0.25) is 5.91 Å². The van der Waals surface area contributed by atoms with Crippen molar-refractivity contribution in [1.29, 1.82) is 0 Å². The van der Waals surface area contributed by atoms with E-state index in [1.54, 1.807) is 24.3 Å². The number of nitrogens with one attached hydrogen (secondary N) is 3. The highest BCUT2D eigenvalue weighted by Gasteiger charge is 2.39. The molecule has 1 unspecified atom stereocenters. The van der Waals surface area contributed by atoms with Gasteiger partial charge in [-0.25, -0.2) is 9.79 Å². The Morgan fingerprint density at radius 3 is 2.68 bits per heavy atom. The molecule has 10 nitrogen and oxygen atoms in total. The molecule has 0 aromatic heterocycles. The Morgan fingerprint density at radius 2 is 1.94 bits per heavy atom. The predicted octanol–water partition coefficient (Wildman–Crippen LogP) is 2.65. The molecule has 2 aliphatic rings. The van der Waals surface area contributed by atoms with Gasteiger partial charge in [0, 0.05) is 34.2 Å². The van der Waals surface area contributed by atoms with Gasteiger partial charge in [0.1, 0.15) is 12.0 Å². The van der Waals surface area contributed by atoms with Gasteiger partial charge in [-0.3, -0.25) is 9.80 Å². The molecular weight excluding hydrogens is 549 g/mol. The van der Waals surface area contributed by atoms with Gasteiger partial charge in [-0.15, -0.1) is 0 Å². The highest BCUT2D eigenvalue weighted by molar-refractivity contribution is 14.1. The smallest absolute Gasteiger partial charge is 0.323 e. The molecule has 0 spiro atoms. The van der Waals surface area contributed by atoms with Gasteiger partial charge in [0.25, 0.3) is 0 Å². The number of hydrogen-bond donors (Lipinski definition) is 4. The molecule has 3 amide bonds. The van der Waals surface area contributed by atoms with Crippen LogP contribution in [0.1, 0.15) is 5.56 Å². The number of rotatable bonds is 7. The zero-order valence-corrected chi connectivity index (χ0v) is 20.6. The van der Waals surface area contributed by atoms with Gasteiger partial charge < -0.3 is 26.4 Å². The maximum atomic E-state index is 12.9. The second-order valence-electron chi connectivity index (χ2n) is 7.59. The third-order valence-electron chi connectivity index (χ3n) is 5.31. The lowest BCUT2D eigenvalue weighted by Gasteiger charge is -2.18. The molecule has 2 aromatic rings. The summed E-state index contributed by atoms with van der Waals surface area (Å²) in [5, 5.41) is 14.5. The van der Waals surface area contributed by atoms with Crippen molar-refractivity contribution in [3.05, 3.63) is 63.4 Å². The van der Waals surface area contributed by atoms with Crippen LogP contribution in [0.3, 0.4) is 0 Å². The second-order valence-corrected chi connectivity index (χ2v) is 8.84. The summed E-state index contributed by atoms with van der Waals surface area (Å²) >= 11 is 2.19. The summed E-state index contributed by atoms with van der Waals surface area (Å²) in [4.78, 5) is 29.4. The average molecular weight is 573 g/mol. The van der Waals surface area contributed by atoms with Crippen LogP contribution in [0.25, 0.3) is 5.57 Å². The highest BCUT2D eigenvalue weighted by atomic mass is 127. The first kappa shape index (κ1) is 23.7. The Bertz CT molecular complexity index is 1180. The lowest BCUT2D eigenvalue weighted by molar-refractivity contribution is -0.123. The molecule has 0 aliphatic carbocycles. The lowest BCUT2D eigenvalue weighted by atomic mass is 9.92. The minimum Gasteiger partial charge on any atom is -0.383 e. The van der Waals surface area contributed by atoms with Crippen molar-refractivity contribution in [2.75, 3.05) is 37.4 Å². The Balaban J connectivity index is 1.53. The number of fused-ring (bicyclic) bond motifs is 1. The van der Waals surface area contributed by atoms with E-state index in [0.717, 1.165) is 14.7 Å². The number of nitrogens with two attached hydrogens (primary N) is 1. The summed E-state index contributed by atoms with van der Waals surface area (Å²) in [5.41, 5.74) is 9.61. The quantitative estimate of drug-likeness (QED) is 0.299. The Morgan fingerprint density at radius 1 is 1.18 bits per heavy atom. The standard InChI is InChI=1S/C23H24IN7O3/c1-34-10-9-26-22(32)18-12-31-20(21(25)27-13-28-31)19(18)14-5-7-16(8-6-14)29-23(33)30-17-4-2-3-15(24)11-17/h2-8,11,13,18H,9-10,12H2,1H3,(H,26,32)(H2,25,27,28)(H2,29,30,33). The predicted molar refractivity (Wildman–Crippen MR) is 140 cm³/mol. The summed E-state index contributed by atoms with van der Waals surface area (Å²) < 4.78 is 6.05. The number of carbonyl (C=O) groups excluding carboxylic acids is 2. The Labute approximate surface area is 210 Å². The normalized spacial score (nSPS) is 16.7. The molecule has 2 aromatic carbocycles. The van der Waals surface area contributed by atoms with E-state index in [0.29, 0.717) is 42.6 Å². The van der Waals surface area contributed by atoms with Crippen molar-refractivity contribution in [2.45, 2.75) is 0 Å². The third kappa shape index (κ3) is 5.37. The molecule has 2 aliphatic heterocycles. The molecule has 34 heavy (non-hydrogen) atoms. The van der Waals surface area contributed by atoms with E-state index in [1.807, 2.05) is 36.4 Å². The number of anilines is 2. The SMILES string of the molecule is COCCNC(=O)C1CN2N=CN=C(N)C2=C1c1ccc(NC(=O)Nc2cccc(I)c2)cc1. The molecule has 4 rings (SSSR count). The largest absolute Gasteiger partial charge is 0.383 e. The molecule has 1 atom stereocenters. The number of hydrogen-bond acceptors (Lipinski definition) is 7. The van der Waals surface area contributed by atoms with Crippen molar-refractivity contribution in [3.63, 3.8) is 0 Å². The Kier molecular flexibility index (Phi) is 7.43. The lowest BCUT2D eigenvalue weighted by Crippen LogP contribution is -2.35. The first-order valence-corrected chi connectivity index (χ1v) is 11.6. The van der Waals surface area contributed by atoms with Crippen molar-refractivity contribution >= 4 is 63.7 Å². The van der Waals surface area contributed by atoms with Crippen molar-refractivity contribution in [2.24, 2.45) is 21.7 Å². The van der Waals surface area contributed by atoms with Crippen LogP contribution in [0.5, 0.6) is 0 Å². The fraction of sp³-hybridized carbons (Fsp3) is 0.217. The zero-order chi connectivity index (χ0) is 24.1. The number of urea groups is 1. The molecule has 5 N–H and O–H groups in total. The molecule has 0 fully saturated rings. The summed E-state index contributed by atoms with van der Waals surface area (Å²) in [6.45, 7) is 1.18. The van der Waals surface area contributed by atoms with Crippen LogP contribution in [0, 0.1) is 9.49 Å². The van der Waals surface area contributed by atoms with Crippen LogP contribution in [0.2, 0.25) is 0 Å². The zero-order valence-electron chi connectivity index (χ0n) is 18.4. The number of nitrogens with zero attached hydrogens (tertiary/aromatic N) is 3. The first-order chi connectivity index (χ1) is 16.5. The first-order valence-electron chi connectivity index (χ1n) is 10.5. The molecule has 0 saturated carbocycles. The maximum Gasteiger partial charge on any atom is 0.323 e. The molecule has 0 radical (unpaired) electrons. The number of amidine groups is 1. The van der Waals surface area contributed by atoms with Gasteiger partial charge in [-0.1, -0.05) is 18.2 Å². The van der Waals surface area contributed by atoms with Crippen LogP contribution < -0.4 is 21.7 Å². The molecule has 176 valence electrons. The fourth-order valence-corrected chi connectivity index (χ4v) is 4.33. The second kappa shape index (κ2) is 10.7. The van der Waals surface area contributed by atoms with Crippen LogP contribution in [0.15, 0.2) is 64.3 Å². The minimum atomic E-state index is -0.487. The van der Waals surface area contributed by atoms with Crippen molar-refractivity contribution < 1.29 is 14.3 Å². The number of hydrazone groups is 1. The maximum absolute atomic E-state index is 12.9. The topological polar surface area (TPSA) is 133 Å². The number of aliphatic imine (C=N–C) groups is 1. The average Bonchev–Trinajstić information content (AvgIpc) is 3.21. The van der Waals surface area contributed by atoms with Gasteiger partial charge in [-0.05, 0) is 58.5 Å². The molecule has 0 bridgehead atoms. The highest BCUT2D eigenvalue weighted by Crippen LogP contribution is 2.37. The summed E-state index contributed by atoms with van der Waals surface area (Å²) in [5.74, 6) is -0.328. The van der Waals surface area contributed by atoms with Gasteiger partial charge in [0.15, 0.2) is 5.84 Å². The van der Waals surface area contributed by atoms with Crippen molar-refractivity contribution in [1.82, 2.24) is 10.3 Å². The van der Waals surface area contributed by atoms with Gasteiger partial charge >= 0.3 is 6.03 Å². The van der Waals surface area contributed by atoms with Gasteiger partial charge in [-0.2, -0.15) is 5.10 Å².